The van der Waals surface area contributed by atoms with Gasteiger partial charge in [-0.3, -0.25) is 9.79 Å². The lowest BCUT2D eigenvalue weighted by atomic mass is 10.1. The summed E-state index contributed by atoms with van der Waals surface area (Å²) in [5.74, 6) is 0.673. The number of aromatic nitrogens is 1. The molecule has 0 fully saturated rings. The summed E-state index contributed by atoms with van der Waals surface area (Å²) in [5, 5.41) is 10.2. The number of thiazole rings is 1. The van der Waals surface area contributed by atoms with Crippen molar-refractivity contribution in [3.63, 3.8) is 0 Å². The Morgan fingerprint density at radius 3 is 2.59 bits per heavy atom. The number of guanidine groups is 1. The van der Waals surface area contributed by atoms with Crippen molar-refractivity contribution in [2.75, 3.05) is 12.4 Å². The van der Waals surface area contributed by atoms with Gasteiger partial charge in [0.1, 0.15) is 5.01 Å². The zero-order chi connectivity index (χ0) is 21.4. The van der Waals surface area contributed by atoms with E-state index in [9.17, 15) is 18.0 Å². The molecule has 0 aliphatic carbocycles. The summed E-state index contributed by atoms with van der Waals surface area (Å²) in [6, 6.07) is 7.41. The number of anilines is 1. The van der Waals surface area contributed by atoms with Crippen LogP contribution in [0.1, 0.15) is 36.5 Å². The molecule has 1 aromatic carbocycles. The fourth-order valence-corrected chi connectivity index (χ4v) is 3.17. The van der Waals surface area contributed by atoms with E-state index < -0.39 is 11.9 Å². The first-order valence-corrected chi connectivity index (χ1v) is 9.90. The SMILES string of the molecule is CN=C(NCc1cccc(NC(=O)CC(C)C)c1)NCc1nc(C(F)(F)F)cs1. The van der Waals surface area contributed by atoms with E-state index in [1.54, 1.807) is 7.05 Å². The molecule has 1 aromatic heterocycles. The first kappa shape index (κ1) is 22.7. The van der Waals surface area contributed by atoms with Crippen molar-refractivity contribution in [2.24, 2.45) is 10.9 Å². The highest BCUT2D eigenvalue weighted by Gasteiger charge is 2.33. The Morgan fingerprint density at radius 1 is 1.24 bits per heavy atom. The van der Waals surface area contributed by atoms with E-state index in [-0.39, 0.29) is 18.4 Å². The van der Waals surface area contributed by atoms with Crippen LogP contribution < -0.4 is 16.0 Å². The van der Waals surface area contributed by atoms with Gasteiger partial charge in [0.15, 0.2) is 11.7 Å². The molecule has 0 spiro atoms. The number of nitrogens with one attached hydrogen (secondary N) is 3. The molecule has 2 aromatic rings. The molecule has 0 aliphatic rings. The molecule has 0 bridgehead atoms. The van der Waals surface area contributed by atoms with Gasteiger partial charge in [-0.2, -0.15) is 13.2 Å². The van der Waals surface area contributed by atoms with E-state index >= 15 is 0 Å². The lowest BCUT2D eigenvalue weighted by Gasteiger charge is -2.12. The largest absolute Gasteiger partial charge is 0.434 e. The van der Waals surface area contributed by atoms with Crippen LogP contribution in [0.5, 0.6) is 0 Å². The van der Waals surface area contributed by atoms with Crippen LogP contribution in [0.25, 0.3) is 0 Å². The standard InChI is InChI=1S/C19H24F3N5OS/c1-12(2)7-16(28)26-14-6-4-5-13(8-14)9-24-18(23-3)25-10-17-27-15(11-29-17)19(20,21)22/h4-6,8,11-12H,7,9-10H2,1-3H3,(H,26,28)(H2,23,24,25). The maximum atomic E-state index is 12.6. The average Bonchev–Trinajstić information content (AvgIpc) is 3.11. The van der Waals surface area contributed by atoms with Crippen LogP contribution >= 0.6 is 11.3 Å². The second kappa shape index (κ2) is 10.2. The molecule has 6 nitrogen and oxygen atoms in total. The number of hydrogen-bond donors (Lipinski definition) is 3. The van der Waals surface area contributed by atoms with Gasteiger partial charge >= 0.3 is 6.18 Å². The molecule has 3 N–H and O–H groups in total. The molecule has 29 heavy (non-hydrogen) atoms. The summed E-state index contributed by atoms with van der Waals surface area (Å²) in [4.78, 5) is 19.5. The van der Waals surface area contributed by atoms with Crippen LogP contribution in [0.2, 0.25) is 0 Å². The fraction of sp³-hybridized carbons (Fsp3) is 0.421. The number of rotatable bonds is 7. The van der Waals surface area contributed by atoms with Gasteiger partial charge in [-0.1, -0.05) is 26.0 Å². The van der Waals surface area contributed by atoms with Crippen molar-refractivity contribution < 1.29 is 18.0 Å². The Labute approximate surface area is 171 Å². The third kappa shape index (κ3) is 7.72. The Morgan fingerprint density at radius 2 is 1.97 bits per heavy atom. The number of carbonyl (C=O) groups is 1. The molecule has 1 heterocycles. The van der Waals surface area contributed by atoms with Crippen LogP contribution in [-0.4, -0.2) is 23.9 Å². The summed E-state index contributed by atoms with van der Waals surface area (Å²) in [6.45, 7) is 4.52. The highest BCUT2D eigenvalue weighted by molar-refractivity contribution is 7.09. The molecule has 10 heteroatoms. The lowest BCUT2D eigenvalue weighted by Crippen LogP contribution is -2.36. The Kier molecular flexibility index (Phi) is 8.00. The quantitative estimate of drug-likeness (QED) is 0.461. The number of halogens is 3. The third-order valence-electron chi connectivity index (χ3n) is 3.74. The van der Waals surface area contributed by atoms with Gasteiger partial charge in [0, 0.05) is 31.1 Å². The van der Waals surface area contributed by atoms with Gasteiger partial charge in [-0.15, -0.1) is 11.3 Å². The van der Waals surface area contributed by atoms with Crippen LogP contribution in [0.4, 0.5) is 18.9 Å². The number of amides is 1. The van der Waals surface area contributed by atoms with Crippen molar-refractivity contribution >= 4 is 28.9 Å². The van der Waals surface area contributed by atoms with Crippen molar-refractivity contribution in [3.8, 4) is 0 Å². The minimum atomic E-state index is -4.44. The monoisotopic (exact) mass is 427 g/mol. The topological polar surface area (TPSA) is 78.4 Å². The highest BCUT2D eigenvalue weighted by atomic mass is 32.1. The van der Waals surface area contributed by atoms with Gasteiger partial charge in [0.2, 0.25) is 5.91 Å². The smallest absolute Gasteiger partial charge is 0.352 e. The summed E-state index contributed by atoms with van der Waals surface area (Å²) >= 11 is 0.938. The molecule has 0 radical (unpaired) electrons. The summed E-state index contributed by atoms with van der Waals surface area (Å²) in [7, 11) is 1.57. The number of aliphatic imine (C=N–C) groups is 1. The van der Waals surface area contributed by atoms with Crippen LogP contribution in [-0.2, 0) is 24.1 Å². The summed E-state index contributed by atoms with van der Waals surface area (Å²) in [5.41, 5.74) is 0.739. The molecule has 0 unspecified atom stereocenters. The van der Waals surface area contributed by atoms with Crippen molar-refractivity contribution in [2.45, 2.75) is 39.5 Å². The molecule has 0 atom stereocenters. The lowest BCUT2D eigenvalue weighted by molar-refractivity contribution is -0.140. The number of carbonyl (C=O) groups excluding carboxylic acids is 1. The zero-order valence-electron chi connectivity index (χ0n) is 16.4. The van der Waals surface area contributed by atoms with Crippen LogP contribution in [0.15, 0.2) is 34.6 Å². The predicted molar refractivity (Wildman–Crippen MR) is 109 cm³/mol. The van der Waals surface area contributed by atoms with E-state index in [1.165, 1.54) is 0 Å². The average molecular weight is 427 g/mol. The second-order valence-electron chi connectivity index (χ2n) is 6.75. The molecular formula is C19H24F3N5OS. The van der Waals surface area contributed by atoms with Crippen LogP contribution in [0.3, 0.4) is 0 Å². The van der Waals surface area contributed by atoms with E-state index in [1.807, 2.05) is 38.1 Å². The zero-order valence-corrected chi connectivity index (χ0v) is 17.2. The van der Waals surface area contributed by atoms with Crippen LogP contribution in [0, 0.1) is 5.92 Å². The van der Waals surface area contributed by atoms with Gasteiger partial charge in [-0.05, 0) is 23.6 Å². The van der Waals surface area contributed by atoms with Gasteiger partial charge < -0.3 is 16.0 Å². The molecule has 2 rings (SSSR count). The summed E-state index contributed by atoms with van der Waals surface area (Å²) < 4.78 is 37.8. The highest BCUT2D eigenvalue weighted by Crippen LogP contribution is 2.29. The van der Waals surface area contributed by atoms with E-state index in [0.717, 1.165) is 22.3 Å². The normalized spacial score (nSPS) is 12.2. The van der Waals surface area contributed by atoms with E-state index in [0.29, 0.717) is 29.6 Å². The van der Waals surface area contributed by atoms with Crippen molar-refractivity contribution in [1.82, 2.24) is 15.6 Å². The number of nitrogens with zero attached hydrogens (tertiary/aromatic N) is 2. The molecular weight excluding hydrogens is 403 g/mol. The molecule has 0 aliphatic heterocycles. The molecule has 158 valence electrons. The summed E-state index contributed by atoms with van der Waals surface area (Å²) in [6.07, 6.45) is -3.99. The maximum Gasteiger partial charge on any atom is 0.434 e. The van der Waals surface area contributed by atoms with Gasteiger partial charge in [0.05, 0.1) is 6.54 Å². The fourth-order valence-electron chi connectivity index (χ4n) is 2.43. The first-order valence-electron chi connectivity index (χ1n) is 9.02. The number of benzene rings is 1. The van der Waals surface area contributed by atoms with E-state index in [2.05, 4.69) is 25.9 Å². The molecule has 1 amide bonds. The number of hydrogen-bond acceptors (Lipinski definition) is 4. The minimum absolute atomic E-state index is 0.0377. The second-order valence-corrected chi connectivity index (χ2v) is 7.69. The first-order chi connectivity index (χ1) is 13.7. The molecule has 0 saturated heterocycles. The molecule has 0 saturated carbocycles. The Hall–Kier alpha value is -2.62. The van der Waals surface area contributed by atoms with Crippen molar-refractivity contribution in [3.05, 3.63) is 45.9 Å². The third-order valence-corrected chi connectivity index (χ3v) is 4.59. The maximum absolute atomic E-state index is 12.6. The van der Waals surface area contributed by atoms with Gasteiger partial charge in [0.25, 0.3) is 0 Å². The van der Waals surface area contributed by atoms with Crippen molar-refractivity contribution in [1.29, 1.82) is 0 Å². The number of alkyl halides is 3. The van der Waals surface area contributed by atoms with E-state index in [4.69, 9.17) is 0 Å². The Bertz CT molecular complexity index is 848. The minimum Gasteiger partial charge on any atom is -0.352 e. The Balaban J connectivity index is 1.87. The predicted octanol–water partition coefficient (Wildman–Crippen LogP) is 4.01. The van der Waals surface area contributed by atoms with Gasteiger partial charge in [-0.25, -0.2) is 4.98 Å².